The fraction of sp³-hybridized carbons (Fsp3) is 0.478. The van der Waals surface area contributed by atoms with Gasteiger partial charge in [0.25, 0.3) is 0 Å². The van der Waals surface area contributed by atoms with Crippen LogP contribution in [0.4, 0.5) is 4.39 Å². The summed E-state index contributed by atoms with van der Waals surface area (Å²) in [6, 6.07) is 14.7. The van der Waals surface area contributed by atoms with E-state index in [1.807, 2.05) is 36.4 Å². The van der Waals surface area contributed by atoms with E-state index in [2.05, 4.69) is 11.8 Å². The Bertz CT molecular complexity index is 687. The van der Waals surface area contributed by atoms with Gasteiger partial charge >= 0.3 is 0 Å². The number of likely N-dealkylation sites (tertiary alicyclic amines) is 1. The van der Waals surface area contributed by atoms with Crippen molar-refractivity contribution in [3.63, 3.8) is 0 Å². The Morgan fingerprint density at radius 2 is 1.74 bits per heavy atom. The van der Waals surface area contributed by atoms with Crippen molar-refractivity contribution in [2.45, 2.75) is 32.1 Å². The van der Waals surface area contributed by atoms with Gasteiger partial charge < -0.3 is 14.4 Å². The highest BCUT2D eigenvalue weighted by Gasteiger charge is 2.30. The molecule has 3 rings (SSSR count). The van der Waals surface area contributed by atoms with Gasteiger partial charge in [0, 0.05) is 12.5 Å². The fourth-order valence-electron chi connectivity index (χ4n) is 3.89. The molecule has 1 aliphatic rings. The molecule has 0 amide bonds. The topological polar surface area (TPSA) is 21.7 Å². The van der Waals surface area contributed by atoms with Crippen molar-refractivity contribution in [1.29, 1.82) is 0 Å². The van der Waals surface area contributed by atoms with E-state index in [1.54, 1.807) is 19.2 Å². The third kappa shape index (κ3) is 5.46. The lowest BCUT2D eigenvalue weighted by molar-refractivity contribution is 0.110. The molecule has 2 aromatic rings. The van der Waals surface area contributed by atoms with Gasteiger partial charge in [0.05, 0.1) is 13.7 Å². The van der Waals surface area contributed by atoms with Gasteiger partial charge in [-0.05, 0) is 73.8 Å². The molecule has 0 saturated carbocycles. The fourth-order valence-corrected chi connectivity index (χ4v) is 3.89. The van der Waals surface area contributed by atoms with E-state index < -0.39 is 0 Å². The number of hydrogen-bond acceptors (Lipinski definition) is 3. The van der Waals surface area contributed by atoms with Crippen molar-refractivity contribution in [3.05, 3.63) is 59.9 Å². The highest BCUT2D eigenvalue weighted by Crippen LogP contribution is 2.34. The maximum Gasteiger partial charge on any atom is 0.123 e. The van der Waals surface area contributed by atoms with Gasteiger partial charge in [0.1, 0.15) is 17.3 Å². The van der Waals surface area contributed by atoms with Crippen molar-refractivity contribution in [1.82, 2.24) is 4.90 Å². The highest BCUT2D eigenvalue weighted by molar-refractivity contribution is 5.31. The molecule has 3 nitrogen and oxygen atoms in total. The minimum atomic E-state index is -0.176. The SMILES string of the molecule is CCCCN1CC[C@H](c2ccc(F)cc2)[C@@H](COc2ccc(OC)cc2)C1. The molecule has 1 saturated heterocycles. The predicted octanol–water partition coefficient (Wildman–Crippen LogP) is 5.12. The van der Waals surface area contributed by atoms with E-state index in [1.165, 1.54) is 18.4 Å². The summed E-state index contributed by atoms with van der Waals surface area (Å²) < 4.78 is 24.7. The lowest BCUT2D eigenvalue weighted by Gasteiger charge is -2.38. The Morgan fingerprint density at radius 1 is 1.04 bits per heavy atom. The number of methoxy groups -OCH3 is 1. The number of rotatable bonds is 8. The zero-order valence-corrected chi connectivity index (χ0v) is 16.4. The van der Waals surface area contributed by atoms with E-state index in [0.717, 1.165) is 37.6 Å². The second-order valence-corrected chi connectivity index (χ2v) is 7.35. The highest BCUT2D eigenvalue weighted by atomic mass is 19.1. The minimum absolute atomic E-state index is 0.176. The Hall–Kier alpha value is -2.07. The third-order valence-corrected chi connectivity index (χ3v) is 5.47. The summed E-state index contributed by atoms with van der Waals surface area (Å²) in [5.41, 5.74) is 1.22. The summed E-state index contributed by atoms with van der Waals surface area (Å²) in [6.07, 6.45) is 3.53. The molecule has 4 heteroatoms. The number of benzene rings is 2. The second kappa shape index (κ2) is 9.75. The molecule has 0 spiro atoms. The summed E-state index contributed by atoms with van der Waals surface area (Å²) in [6.45, 7) is 6.16. The number of hydrogen-bond donors (Lipinski definition) is 0. The van der Waals surface area contributed by atoms with E-state index in [-0.39, 0.29) is 5.82 Å². The predicted molar refractivity (Wildman–Crippen MR) is 107 cm³/mol. The number of piperidine rings is 1. The summed E-state index contributed by atoms with van der Waals surface area (Å²) in [5, 5.41) is 0. The van der Waals surface area contributed by atoms with E-state index in [4.69, 9.17) is 9.47 Å². The Kier molecular flexibility index (Phi) is 7.11. The molecule has 27 heavy (non-hydrogen) atoms. The van der Waals surface area contributed by atoms with Crippen LogP contribution in [0.3, 0.4) is 0 Å². The van der Waals surface area contributed by atoms with Gasteiger partial charge in [-0.15, -0.1) is 0 Å². The normalized spacial score (nSPS) is 20.4. The number of halogens is 1. The van der Waals surface area contributed by atoms with Gasteiger partial charge in [-0.3, -0.25) is 0 Å². The van der Waals surface area contributed by atoms with Crippen molar-refractivity contribution >= 4 is 0 Å². The first-order chi connectivity index (χ1) is 13.2. The number of ether oxygens (including phenoxy) is 2. The van der Waals surface area contributed by atoms with Crippen LogP contribution in [0.15, 0.2) is 48.5 Å². The Labute approximate surface area is 162 Å². The van der Waals surface area contributed by atoms with Crippen molar-refractivity contribution in [3.8, 4) is 11.5 Å². The Morgan fingerprint density at radius 3 is 2.41 bits per heavy atom. The summed E-state index contributed by atoms with van der Waals surface area (Å²) in [7, 11) is 1.66. The van der Waals surface area contributed by atoms with Gasteiger partial charge in [0.15, 0.2) is 0 Å². The summed E-state index contributed by atoms with van der Waals surface area (Å²) in [4.78, 5) is 2.55. The van der Waals surface area contributed by atoms with Crippen LogP contribution in [-0.2, 0) is 0 Å². The zero-order chi connectivity index (χ0) is 19.1. The third-order valence-electron chi connectivity index (χ3n) is 5.47. The summed E-state index contributed by atoms with van der Waals surface area (Å²) in [5.74, 6) is 2.31. The molecule has 2 atom stereocenters. The first kappa shape index (κ1) is 19.7. The van der Waals surface area contributed by atoms with Crippen LogP contribution in [-0.4, -0.2) is 38.3 Å². The van der Waals surface area contributed by atoms with Crippen LogP contribution in [0.1, 0.15) is 37.7 Å². The smallest absolute Gasteiger partial charge is 0.123 e. The average Bonchev–Trinajstić information content (AvgIpc) is 2.72. The van der Waals surface area contributed by atoms with Crippen LogP contribution >= 0.6 is 0 Å². The molecule has 0 aliphatic carbocycles. The monoisotopic (exact) mass is 371 g/mol. The van der Waals surface area contributed by atoms with Crippen molar-refractivity contribution < 1.29 is 13.9 Å². The molecule has 0 unspecified atom stereocenters. The molecule has 0 radical (unpaired) electrons. The molecule has 2 aromatic carbocycles. The molecule has 146 valence electrons. The van der Waals surface area contributed by atoms with Crippen molar-refractivity contribution in [2.24, 2.45) is 5.92 Å². The lowest BCUT2D eigenvalue weighted by atomic mass is 9.80. The molecule has 1 heterocycles. The number of unbranched alkanes of at least 4 members (excludes halogenated alkanes) is 1. The van der Waals surface area contributed by atoms with Gasteiger partial charge in [-0.25, -0.2) is 4.39 Å². The van der Waals surface area contributed by atoms with Crippen LogP contribution < -0.4 is 9.47 Å². The van der Waals surface area contributed by atoms with Crippen LogP contribution in [0.25, 0.3) is 0 Å². The van der Waals surface area contributed by atoms with Gasteiger partial charge in [-0.2, -0.15) is 0 Å². The lowest BCUT2D eigenvalue weighted by Crippen LogP contribution is -2.42. The second-order valence-electron chi connectivity index (χ2n) is 7.35. The maximum absolute atomic E-state index is 13.3. The molecule has 0 aromatic heterocycles. The van der Waals surface area contributed by atoms with Crippen LogP contribution in [0, 0.1) is 11.7 Å². The molecular weight excluding hydrogens is 341 g/mol. The largest absolute Gasteiger partial charge is 0.497 e. The Balaban J connectivity index is 1.68. The van der Waals surface area contributed by atoms with E-state index in [9.17, 15) is 4.39 Å². The van der Waals surface area contributed by atoms with Crippen molar-refractivity contribution in [2.75, 3.05) is 33.4 Å². The molecule has 1 fully saturated rings. The summed E-state index contributed by atoms with van der Waals surface area (Å²) >= 11 is 0. The average molecular weight is 371 g/mol. The standard InChI is InChI=1S/C23H30FNO2/c1-3-4-14-25-15-13-23(18-5-7-20(24)8-6-18)19(16-25)17-27-22-11-9-21(26-2)10-12-22/h5-12,19,23H,3-4,13-17H2,1-2H3/t19-,23-/m1/s1. The van der Waals surface area contributed by atoms with Gasteiger partial charge in [0.2, 0.25) is 0 Å². The van der Waals surface area contributed by atoms with Gasteiger partial charge in [-0.1, -0.05) is 25.5 Å². The first-order valence-corrected chi connectivity index (χ1v) is 9.94. The first-order valence-electron chi connectivity index (χ1n) is 9.94. The molecule has 0 bridgehead atoms. The van der Waals surface area contributed by atoms with E-state index in [0.29, 0.717) is 18.4 Å². The van der Waals surface area contributed by atoms with Crippen LogP contribution in [0.5, 0.6) is 11.5 Å². The molecular formula is C23H30FNO2. The molecule has 0 N–H and O–H groups in total. The van der Waals surface area contributed by atoms with E-state index >= 15 is 0 Å². The number of nitrogens with zero attached hydrogens (tertiary/aromatic N) is 1. The molecule has 1 aliphatic heterocycles. The maximum atomic E-state index is 13.3. The quantitative estimate of drug-likeness (QED) is 0.643. The van der Waals surface area contributed by atoms with Crippen LogP contribution in [0.2, 0.25) is 0 Å². The zero-order valence-electron chi connectivity index (χ0n) is 16.4. The minimum Gasteiger partial charge on any atom is -0.497 e.